The maximum atomic E-state index is 5.59. The molecule has 0 aliphatic carbocycles. The Bertz CT molecular complexity index is 505. The van der Waals surface area contributed by atoms with Crippen molar-refractivity contribution >= 4 is 0 Å². The molecule has 0 amide bonds. The van der Waals surface area contributed by atoms with Gasteiger partial charge in [-0.25, -0.2) is 4.98 Å². The third-order valence-corrected chi connectivity index (χ3v) is 2.72. The van der Waals surface area contributed by atoms with Crippen molar-refractivity contribution < 1.29 is 4.74 Å². The zero-order chi connectivity index (χ0) is 12.3. The van der Waals surface area contributed by atoms with E-state index in [1.807, 2.05) is 12.1 Å². The molecule has 4 nitrogen and oxygen atoms in total. The van der Waals surface area contributed by atoms with Gasteiger partial charge < -0.3 is 15.5 Å². The molecule has 0 bridgehead atoms. The first kappa shape index (κ1) is 11.7. The number of benzene rings is 1. The van der Waals surface area contributed by atoms with Crippen LogP contribution in [0.5, 0.6) is 5.75 Å². The number of hydrogen-bond donors (Lipinski definition) is 2. The Morgan fingerprint density at radius 3 is 2.94 bits per heavy atom. The average Bonchev–Trinajstić information content (AvgIpc) is 2.77. The highest BCUT2D eigenvalue weighted by Gasteiger charge is 2.12. The quantitative estimate of drug-likeness (QED) is 0.844. The molecular formula is C13H17N3O. The molecule has 0 atom stereocenters. The van der Waals surface area contributed by atoms with E-state index in [-0.39, 0.29) is 0 Å². The molecule has 0 spiro atoms. The van der Waals surface area contributed by atoms with E-state index in [1.54, 1.807) is 13.4 Å². The number of ether oxygens (including phenoxy) is 1. The minimum atomic E-state index is 0.601. The molecule has 90 valence electrons. The fraction of sp³-hybridized carbons (Fsp3) is 0.308. The second kappa shape index (κ2) is 5.01. The number of nitrogens with two attached hydrogens (primary N) is 1. The first-order chi connectivity index (χ1) is 8.26. The van der Waals surface area contributed by atoms with Crippen molar-refractivity contribution in [3.8, 4) is 17.0 Å². The highest BCUT2D eigenvalue weighted by Crippen LogP contribution is 2.31. The molecule has 2 rings (SSSR count). The maximum Gasteiger partial charge on any atom is 0.128 e. The lowest BCUT2D eigenvalue weighted by Gasteiger charge is -2.09. The van der Waals surface area contributed by atoms with Gasteiger partial charge in [-0.1, -0.05) is 11.6 Å². The molecule has 4 heteroatoms. The summed E-state index contributed by atoms with van der Waals surface area (Å²) >= 11 is 0. The van der Waals surface area contributed by atoms with Gasteiger partial charge in [-0.05, 0) is 25.6 Å². The van der Waals surface area contributed by atoms with Crippen LogP contribution in [0.4, 0.5) is 0 Å². The molecule has 1 heterocycles. The minimum absolute atomic E-state index is 0.601. The number of hydrogen-bond acceptors (Lipinski definition) is 3. The molecule has 0 aliphatic heterocycles. The Morgan fingerprint density at radius 1 is 1.41 bits per heavy atom. The van der Waals surface area contributed by atoms with Gasteiger partial charge in [-0.15, -0.1) is 0 Å². The smallest absolute Gasteiger partial charge is 0.128 e. The van der Waals surface area contributed by atoms with Crippen LogP contribution in [0.15, 0.2) is 24.5 Å². The second-order valence-electron chi connectivity index (χ2n) is 3.97. The Morgan fingerprint density at radius 2 is 2.24 bits per heavy atom. The van der Waals surface area contributed by atoms with E-state index in [0.29, 0.717) is 6.54 Å². The van der Waals surface area contributed by atoms with E-state index in [4.69, 9.17) is 10.5 Å². The van der Waals surface area contributed by atoms with E-state index in [2.05, 4.69) is 23.0 Å². The van der Waals surface area contributed by atoms with Crippen LogP contribution < -0.4 is 10.5 Å². The summed E-state index contributed by atoms with van der Waals surface area (Å²) in [6.45, 7) is 2.65. The van der Waals surface area contributed by atoms with Crippen molar-refractivity contribution in [1.29, 1.82) is 0 Å². The van der Waals surface area contributed by atoms with Crippen molar-refractivity contribution in [2.24, 2.45) is 5.73 Å². The molecule has 0 saturated carbocycles. The minimum Gasteiger partial charge on any atom is -0.496 e. The predicted molar refractivity (Wildman–Crippen MR) is 68.1 cm³/mol. The van der Waals surface area contributed by atoms with Crippen LogP contribution in [-0.4, -0.2) is 23.6 Å². The zero-order valence-electron chi connectivity index (χ0n) is 10.2. The van der Waals surface area contributed by atoms with Gasteiger partial charge in [0.25, 0.3) is 0 Å². The molecule has 17 heavy (non-hydrogen) atoms. The third kappa shape index (κ3) is 2.31. The fourth-order valence-electron chi connectivity index (χ4n) is 1.89. The summed E-state index contributed by atoms with van der Waals surface area (Å²) in [5.74, 6) is 0.834. The highest BCUT2D eigenvalue weighted by atomic mass is 16.5. The molecule has 0 aliphatic rings. The Hall–Kier alpha value is -1.81. The van der Waals surface area contributed by atoms with Gasteiger partial charge >= 0.3 is 0 Å². The average molecular weight is 231 g/mol. The van der Waals surface area contributed by atoms with Crippen molar-refractivity contribution in [2.45, 2.75) is 13.3 Å². The summed E-state index contributed by atoms with van der Waals surface area (Å²) in [5, 5.41) is 0. The summed E-state index contributed by atoms with van der Waals surface area (Å²) in [6, 6.07) is 6.07. The van der Waals surface area contributed by atoms with Crippen molar-refractivity contribution in [3.05, 3.63) is 35.8 Å². The predicted octanol–water partition coefficient (Wildman–Crippen LogP) is 1.89. The first-order valence-corrected chi connectivity index (χ1v) is 5.63. The van der Waals surface area contributed by atoms with Gasteiger partial charge in [-0.3, -0.25) is 0 Å². The number of nitrogens with zero attached hydrogens (tertiary/aromatic N) is 1. The van der Waals surface area contributed by atoms with E-state index in [1.165, 1.54) is 5.56 Å². The number of nitrogens with one attached hydrogen (secondary N) is 1. The lowest BCUT2D eigenvalue weighted by molar-refractivity contribution is 0.416. The summed E-state index contributed by atoms with van der Waals surface area (Å²) in [5.41, 5.74) is 9.76. The maximum absolute atomic E-state index is 5.59. The Labute approximate surface area is 101 Å². The topological polar surface area (TPSA) is 63.9 Å². The lowest BCUT2D eigenvalue weighted by Crippen LogP contribution is -2.04. The number of rotatable bonds is 4. The SMILES string of the molecule is COc1ccc(C)cc1-c1nc[nH]c1CCN. The molecule has 3 N–H and O–H groups in total. The van der Waals surface area contributed by atoms with Crippen molar-refractivity contribution in [1.82, 2.24) is 9.97 Å². The van der Waals surface area contributed by atoms with Gasteiger partial charge in [0, 0.05) is 17.7 Å². The monoisotopic (exact) mass is 231 g/mol. The number of H-pyrrole nitrogens is 1. The molecular weight excluding hydrogens is 214 g/mol. The van der Waals surface area contributed by atoms with Crippen LogP contribution in [0, 0.1) is 6.92 Å². The van der Waals surface area contributed by atoms with Gasteiger partial charge in [0.05, 0.1) is 19.1 Å². The molecule has 0 fully saturated rings. The standard InChI is InChI=1S/C13H17N3O/c1-9-3-4-12(17-2)10(7-9)13-11(5-6-14)15-8-16-13/h3-4,7-8H,5-6,14H2,1-2H3,(H,15,16). The van der Waals surface area contributed by atoms with Crippen LogP contribution in [-0.2, 0) is 6.42 Å². The van der Waals surface area contributed by atoms with Crippen LogP contribution in [0.3, 0.4) is 0 Å². The van der Waals surface area contributed by atoms with Crippen molar-refractivity contribution in [3.63, 3.8) is 0 Å². The Kier molecular flexibility index (Phi) is 3.44. The summed E-state index contributed by atoms with van der Waals surface area (Å²) in [4.78, 5) is 7.49. The highest BCUT2D eigenvalue weighted by molar-refractivity contribution is 5.70. The zero-order valence-corrected chi connectivity index (χ0v) is 10.2. The molecule has 1 aromatic heterocycles. The summed E-state index contributed by atoms with van der Waals surface area (Å²) in [6.07, 6.45) is 2.48. The van der Waals surface area contributed by atoms with Gasteiger partial charge in [0.15, 0.2) is 0 Å². The number of aromatic nitrogens is 2. The van der Waals surface area contributed by atoms with Crippen molar-refractivity contribution in [2.75, 3.05) is 13.7 Å². The number of aromatic amines is 1. The molecule has 0 unspecified atom stereocenters. The van der Waals surface area contributed by atoms with E-state index < -0.39 is 0 Å². The number of aryl methyl sites for hydroxylation is 1. The van der Waals surface area contributed by atoms with E-state index in [0.717, 1.165) is 29.1 Å². The van der Waals surface area contributed by atoms with Gasteiger partial charge in [0.2, 0.25) is 0 Å². The molecule has 0 radical (unpaired) electrons. The Balaban J connectivity index is 2.51. The fourth-order valence-corrected chi connectivity index (χ4v) is 1.89. The molecule has 2 aromatic rings. The largest absolute Gasteiger partial charge is 0.496 e. The summed E-state index contributed by atoms with van der Waals surface area (Å²) in [7, 11) is 1.67. The number of imidazole rings is 1. The second-order valence-corrected chi connectivity index (χ2v) is 3.97. The third-order valence-electron chi connectivity index (χ3n) is 2.72. The lowest BCUT2D eigenvalue weighted by atomic mass is 10.0. The van der Waals surface area contributed by atoms with Gasteiger partial charge in [0.1, 0.15) is 5.75 Å². The van der Waals surface area contributed by atoms with Gasteiger partial charge in [-0.2, -0.15) is 0 Å². The van der Waals surface area contributed by atoms with E-state index >= 15 is 0 Å². The summed E-state index contributed by atoms with van der Waals surface area (Å²) < 4.78 is 5.37. The molecule has 1 aromatic carbocycles. The van der Waals surface area contributed by atoms with E-state index in [9.17, 15) is 0 Å². The number of methoxy groups -OCH3 is 1. The van der Waals surface area contributed by atoms with Crippen LogP contribution in [0.25, 0.3) is 11.3 Å². The first-order valence-electron chi connectivity index (χ1n) is 5.63. The van der Waals surface area contributed by atoms with Crippen LogP contribution >= 0.6 is 0 Å². The molecule has 0 saturated heterocycles. The normalized spacial score (nSPS) is 10.5. The van der Waals surface area contributed by atoms with Crippen LogP contribution in [0.1, 0.15) is 11.3 Å². The van der Waals surface area contributed by atoms with Crippen LogP contribution in [0.2, 0.25) is 0 Å².